The van der Waals surface area contributed by atoms with Gasteiger partial charge in [0.15, 0.2) is 0 Å². The summed E-state index contributed by atoms with van der Waals surface area (Å²) in [6.07, 6.45) is 7.12. The van der Waals surface area contributed by atoms with Crippen LogP contribution in [0.2, 0.25) is 0 Å². The fraction of sp³-hybridized carbons (Fsp3) is 1.00. The average Bonchev–Trinajstić information content (AvgIpc) is 2.73. The van der Waals surface area contributed by atoms with Gasteiger partial charge < -0.3 is 0 Å². The van der Waals surface area contributed by atoms with Gasteiger partial charge in [0.25, 0.3) is 0 Å². The molecule has 0 aromatic carbocycles. The first-order valence-corrected chi connectivity index (χ1v) is 7.56. The third kappa shape index (κ3) is 2.28. The molecule has 1 saturated carbocycles. The second kappa shape index (κ2) is 4.26. The van der Waals surface area contributed by atoms with Crippen molar-refractivity contribution in [1.29, 1.82) is 0 Å². The molecular weight excluding hydrogens is 206 g/mol. The molecule has 2 fully saturated rings. The van der Waals surface area contributed by atoms with E-state index in [1.165, 1.54) is 32.1 Å². The second-order valence-corrected chi connectivity index (χ2v) is 7.93. The maximum Gasteiger partial charge on any atom is 0.0158 e. The molecule has 1 heteroatoms. The van der Waals surface area contributed by atoms with Crippen molar-refractivity contribution in [2.45, 2.75) is 91.3 Å². The van der Waals surface area contributed by atoms with Crippen LogP contribution < -0.4 is 0 Å². The Bertz CT molecular complexity index is 274. The third-order valence-electron chi connectivity index (χ3n) is 5.43. The van der Waals surface area contributed by atoms with Gasteiger partial charge in [0.1, 0.15) is 0 Å². The van der Waals surface area contributed by atoms with Crippen molar-refractivity contribution in [2.75, 3.05) is 0 Å². The molecule has 2 aliphatic rings. The van der Waals surface area contributed by atoms with Gasteiger partial charge in [-0.05, 0) is 57.8 Å². The van der Waals surface area contributed by atoms with Crippen molar-refractivity contribution in [3.8, 4) is 0 Å². The van der Waals surface area contributed by atoms with Gasteiger partial charge in [-0.15, -0.1) is 0 Å². The first-order chi connectivity index (χ1) is 7.77. The summed E-state index contributed by atoms with van der Waals surface area (Å²) in [5.74, 6) is 0.991. The van der Waals surface area contributed by atoms with E-state index in [4.69, 9.17) is 0 Å². The topological polar surface area (TPSA) is 3.24 Å². The van der Waals surface area contributed by atoms with Crippen molar-refractivity contribution in [3.05, 3.63) is 0 Å². The minimum Gasteiger partial charge on any atom is -0.292 e. The number of likely N-dealkylation sites (tertiary alicyclic amines) is 1. The number of rotatable bonds is 2. The van der Waals surface area contributed by atoms with Crippen molar-refractivity contribution in [3.63, 3.8) is 0 Å². The molecule has 0 N–H and O–H groups in total. The van der Waals surface area contributed by atoms with Crippen LogP contribution in [0.4, 0.5) is 0 Å². The van der Waals surface area contributed by atoms with E-state index in [1.54, 1.807) is 0 Å². The Labute approximate surface area is 108 Å². The highest BCUT2D eigenvalue weighted by atomic mass is 15.3. The van der Waals surface area contributed by atoms with Crippen molar-refractivity contribution >= 4 is 0 Å². The number of hydrogen-bond acceptors (Lipinski definition) is 1. The highest BCUT2D eigenvalue weighted by molar-refractivity contribution is 5.05. The maximum atomic E-state index is 2.88. The number of fused-ring (bicyclic) bond motifs is 1. The standard InChI is InChI=1S/C16H31N/c1-7-16(5,6)14-11-12-9-8-10-13(12)17(14)15(2,3)4/h12-14H,7-11H2,1-6H3. The highest BCUT2D eigenvalue weighted by Gasteiger charge is 2.51. The van der Waals surface area contributed by atoms with Crippen LogP contribution in [0.3, 0.4) is 0 Å². The van der Waals surface area contributed by atoms with Crippen LogP contribution in [-0.2, 0) is 0 Å². The minimum atomic E-state index is 0.334. The molecule has 1 heterocycles. The summed E-state index contributed by atoms with van der Waals surface area (Å²) in [5, 5.41) is 0. The van der Waals surface area contributed by atoms with E-state index in [2.05, 4.69) is 46.4 Å². The zero-order chi connectivity index (χ0) is 12.8. The molecule has 0 spiro atoms. The number of hydrogen-bond donors (Lipinski definition) is 0. The average molecular weight is 237 g/mol. The molecular formula is C16H31N. The van der Waals surface area contributed by atoms with Gasteiger partial charge in [0.2, 0.25) is 0 Å². The van der Waals surface area contributed by atoms with Crippen LogP contribution >= 0.6 is 0 Å². The Kier molecular flexibility index (Phi) is 3.36. The molecule has 100 valence electrons. The van der Waals surface area contributed by atoms with E-state index in [-0.39, 0.29) is 0 Å². The van der Waals surface area contributed by atoms with Gasteiger partial charge in [-0.3, -0.25) is 4.90 Å². The third-order valence-corrected chi connectivity index (χ3v) is 5.43. The summed E-state index contributed by atoms with van der Waals surface area (Å²) in [4.78, 5) is 2.88. The van der Waals surface area contributed by atoms with E-state index < -0.39 is 0 Å². The zero-order valence-electron chi connectivity index (χ0n) is 12.7. The molecule has 0 bridgehead atoms. The van der Waals surface area contributed by atoms with E-state index in [0.717, 1.165) is 18.0 Å². The smallest absolute Gasteiger partial charge is 0.0158 e. The van der Waals surface area contributed by atoms with E-state index in [1.807, 2.05) is 0 Å². The quantitative estimate of drug-likeness (QED) is 0.685. The SMILES string of the molecule is CCC(C)(C)C1CC2CCCC2N1C(C)(C)C. The predicted octanol–water partition coefficient (Wildman–Crippen LogP) is 4.46. The van der Waals surface area contributed by atoms with E-state index in [0.29, 0.717) is 11.0 Å². The lowest BCUT2D eigenvalue weighted by Crippen LogP contribution is -2.53. The Balaban J connectivity index is 2.27. The lowest BCUT2D eigenvalue weighted by molar-refractivity contribution is 0.0156. The summed E-state index contributed by atoms with van der Waals surface area (Å²) in [6, 6.07) is 1.67. The molecule has 0 aromatic heterocycles. The van der Waals surface area contributed by atoms with Crippen LogP contribution in [0.25, 0.3) is 0 Å². The lowest BCUT2D eigenvalue weighted by atomic mass is 9.78. The molecule has 1 nitrogen and oxygen atoms in total. The van der Waals surface area contributed by atoms with Gasteiger partial charge >= 0.3 is 0 Å². The highest BCUT2D eigenvalue weighted by Crippen LogP contribution is 2.50. The zero-order valence-corrected chi connectivity index (χ0v) is 12.7. The monoisotopic (exact) mass is 237 g/mol. The molecule has 3 atom stereocenters. The van der Waals surface area contributed by atoms with Gasteiger partial charge in [0, 0.05) is 17.6 Å². The Morgan fingerprint density at radius 2 is 1.71 bits per heavy atom. The summed E-state index contributed by atoms with van der Waals surface area (Å²) in [5.41, 5.74) is 0.804. The first kappa shape index (κ1) is 13.4. The van der Waals surface area contributed by atoms with Crippen molar-refractivity contribution in [1.82, 2.24) is 4.90 Å². The summed E-state index contributed by atoms with van der Waals surface area (Å²) < 4.78 is 0. The molecule has 1 aliphatic carbocycles. The van der Waals surface area contributed by atoms with Gasteiger partial charge in [-0.25, -0.2) is 0 Å². The van der Waals surface area contributed by atoms with Crippen LogP contribution in [0, 0.1) is 11.3 Å². The second-order valence-electron chi connectivity index (χ2n) is 7.93. The fourth-order valence-corrected chi connectivity index (χ4v) is 4.19. The molecule has 3 unspecified atom stereocenters. The van der Waals surface area contributed by atoms with Crippen molar-refractivity contribution in [2.24, 2.45) is 11.3 Å². The number of nitrogens with zero attached hydrogens (tertiary/aromatic N) is 1. The minimum absolute atomic E-state index is 0.334. The summed E-state index contributed by atoms with van der Waals surface area (Å²) >= 11 is 0. The molecule has 2 rings (SSSR count). The molecule has 0 amide bonds. The van der Waals surface area contributed by atoms with E-state index >= 15 is 0 Å². The van der Waals surface area contributed by atoms with Crippen molar-refractivity contribution < 1.29 is 0 Å². The molecule has 17 heavy (non-hydrogen) atoms. The van der Waals surface area contributed by atoms with Crippen LogP contribution in [0.5, 0.6) is 0 Å². The van der Waals surface area contributed by atoms with Gasteiger partial charge in [-0.1, -0.05) is 27.2 Å². The van der Waals surface area contributed by atoms with Gasteiger partial charge in [-0.2, -0.15) is 0 Å². The fourth-order valence-electron chi connectivity index (χ4n) is 4.19. The summed E-state index contributed by atoms with van der Waals surface area (Å²) in [7, 11) is 0. The predicted molar refractivity (Wildman–Crippen MR) is 75.2 cm³/mol. The largest absolute Gasteiger partial charge is 0.292 e. The Morgan fingerprint density at radius 3 is 2.24 bits per heavy atom. The molecule has 0 radical (unpaired) electrons. The lowest BCUT2D eigenvalue weighted by Gasteiger charge is -2.47. The molecule has 1 saturated heterocycles. The first-order valence-electron chi connectivity index (χ1n) is 7.56. The molecule has 1 aliphatic heterocycles. The van der Waals surface area contributed by atoms with Crippen LogP contribution in [-0.4, -0.2) is 22.5 Å². The maximum absolute atomic E-state index is 2.88. The summed E-state index contributed by atoms with van der Waals surface area (Å²) in [6.45, 7) is 14.5. The normalized spacial score (nSPS) is 35.3. The van der Waals surface area contributed by atoms with Crippen LogP contribution in [0.15, 0.2) is 0 Å². The van der Waals surface area contributed by atoms with Crippen LogP contribution in [0.1, 0.15) is 73.6 Å². The Morgan fingerprint density at radius 1 is 1.06 bits per heavy atom. The Hall–Kier alpha value is -0.0400. The van der Waals surface area contributed by atoms with E-state index in [9.17, 15) is 0 Å². The van der Waals surface area contributed by atoms with Gasteiger partial charge in [0.05, 0.1) is 0 Å². The molecule has 0 aromatic rings.